The topological polar surface area (TPSA) is 81.4 Å². The Balaban J connectivity index is 1.48. The first-order valence-corrected chi connectivity index (χ1v) is 10.0. The van der Waals surface area contributed by atoms with Crippen molar-refractivity contribution >= 4 is 38.4 Å². The van der Waals surface area contributed by atoms with Crippen molar-refractivity contribution in [2.24, 2.45) is 0 Å². The Morgan fingerprint density at radius 3 is 2.50 bits per heavy atom. The molecule has 0 fully saturated rings. The first-order valence-electron chi connectivity index (χ1n) is 9.23. The molecule has 0 aliphatic carbocycles. The maximum Gasteiger partial charge on any atom is 0.347 e. The second-order valence-corrected chi connectivity index (χ2v) is 7.44. The smallest absolute Gasteiger partial charge is 0.347 e. The van der Waals surface area contributed by atoms with E-state index in [1.54, 1.807) is 55.5 Å². The van der Waals surface area contributed by atoms with Crippen molar-refractivity contribution in [3.8, 4) is 17.2 Å². The van der Waals surface area contributed by atoms with Gasteiger partial charge < -0.3 is 14.5 Å². The number of amides is 1. The van der Waals surface area contributed by atoms with Crippen molar-refractivity contribution in [1.29, 1.82) is 0 Å². The molecular formula is C23H17BrN2O4. The number of fused-ring (bicyclic) bond motifs is 1. The van der Waals surface area contributed by atoms with Gasteiger partial charge in [-0.3, -0.25) is 4.79 Å². The van der Waals surface area contributed by atoms with Crippen molar-refractivity contribution in [3.05, 3.63) is 87.7 Å². The van der Waals surface area contributed by atoms with Crippen LogP contribution in [0.15, 0.2) is 86.5 Å². The molecule has 0 aliphatic rings. The Morgan fingerprint density at radius 1 is 1.03 bits per heavy atom. The van der Waals surface area contributed by atoms with Gasteiger partial charge in [0.15, 0.2) is 6.10 Å². The molecule has 1 atom stereocenters. The zero-order chi connectivity index (χ0) is 21.1. The van der Waals surface area contributed by atoms with Gasteiger partial charge in [-0.15, -0.1) is 0 Å². The molecule has 0 saturated carbocycles. The molecule has 0 radical (unpaired) electrons. The number of nitrogens with zero attached hydrogens (tertiary/aromatic N) is 1. The number of benzene rings is 3. The summed E-state index contributed by atoms with van der Waals surface area (Å²) in [4.78, 5) is 29.0. The van der Waals surface area contributed by atoms with Gasteiger partial charge in [0.05, 0.1) is 15.4 Å². The van der Waals surface area contributed by atoms with Crippen LogP contribution in [0.2, 0.25) is 0 Å². The van der Waals surface area contributed by atoms with Gasteiger partial charge in [-0.2, -0.15) is 0 Å². The third kappa shape index (κ3) is 4.26. The fourth-order valence-corrected chi connectivity index (χ4v) is 3.24. The van der Waals surface area contributed by atoms with Crippen LogP contribution >= 0.6 is 15.9 Å². The number of nitrogens with one attached hydrogen (secondary N) is 1. The summed E-state index contributed by atoms with van der Waals surface area (Å²) >= 11 is 3.40. The predicted octanol–water partition coefficient (Wildman–Crippen LogP) is 5.02. The van der Waals surface area contributed by atoms with Crippen LogP contribution in [-0.4, -0.2) is 17.0 Å². The summed E-state index contributed by atoms with van der Waals surface area (Å²) in [5.41, 5.74) is 1.35. The number of para-hydroxylation sites is 2. The van der Waals surface area contributed by atoms with Crippen molar-refractivity contribution in [1.82, 2.24) is 4.98 Å². The number of hydrogen-bond acceptors (Lipinski definition) is 5. The van der Waals surface area contributed by atoms with Gasteiger partial charge in [0.1, 0.15) is 5.75 Å². The molecule has 1 aromatic heterocycles. The highest BCUT2D eigenvalue weighted by Gasteiger charge is 2.16. The van der Waals surface area contributed by atoms with Gasteiger partial charge in [0, 0.05) is 11.3 Å². The first kappa shape index (κ1) is 19.8. The minimum Gasteiger partial charge on any atom is -0.480 e. The lowest BCUT2D eigenvalue weighted by molar-refractivity contribution is -0.122. The number of hydrogen-bond donors (Lipinski definition) is 1. The molecule has 1 unspecified atom stereocenters. The van der Waals surface area contributed by atoms with Crippen LogP contribution < -0.4 is 15.7 Å². The molecule has 4 rings (SSSR count). The Morgan fingerprint density at radius 2 is 1.73 bits per heavy atom. The fraction of sp³-hybridized carbons (Fsp3) is 0.0870. The lowest BCUT2D eigenvalue weighted by Gasteiger charge is -2.15. The van der Waals surface area contributed by atoms with E-state index in [1.807, 2.05) is 24.3 Å². The number of carbonyl (C=O) groups excluding carboxylic acids is 1. The highest BCUT2D eigenvalue weighted by molar-refractivity contribution is 9.10. The Hall–Kier alpha value is -3.45. The molecule has 6 nitrogen and oxygen atoms in total. The van der Waals surface area contributed by atoms with Crippen molar-refractivity contribution in [3.63, 3.8) is 0 Å². The van der Waals surface area contributed by atoms with E-state index in [9.17, 15) is 9.59 Å². The van der Waals surface area contributed by atoms with E-state index in [2.05, 4.69) is 26.2 Å². The monoisotopic (exact) mass is 464 g/mol. The summed E-state index contributed by atoms with van der Waals surface area (Å²) in [6, 6.07) is 21.2. The number of ether oxygens (including phenoxy) is 1. The molecule has 4 aromatic rings. The average molecular weight is 465 g/mol. The second kappa shape index (κ2) is 8.51. The molecule has 0 saturated heterocycles. The van der Waals surface area contributed by atoms with E-state index in [-0.39, 0.29) is 11.8 Å². The molecular weight excluding hydrogens is 448 g/mol. The van der Waals surface area contributed by atoms with Crippen LogP contribution in [0.4, 0.5) is 5.69 Å². The van der Waals surface area contributed by atoms with Crippen LogP contribution in [0.5, 0.6) is 5.75 Å². The first-order chi connectivity index (χ1) is 14.5. The normalized spacial score (nSPS) is 11.8. The van der Waals surface area contributed by atoms with Crippen LogP contribution in [0.1, 0.15) is 6.92 Å². The summed E-state index contributed by atoms with van der Waals surface area (Å²) in [5, 5.41) is 3.24. The summed E-state index contributed by atoms with van der Waals surface area (Å²) in [7, 11) is 0. The largest absolute Gasteiger partial charge is 0.480 e. The quantitative estimate of drug-likeness (QED) is 0.448. The summed E-state index contributed by atoms with van der Waals surface area (Å²) < 4.78 is 11.8. The highest BCUT2D eigenvalue weighted by Crippen LogP contribution is 2.25. The Labute approximate surface area is 180 Å². The number of aromatic nitrogens is 1. The van der Waals surface area contributed by atoms with Gasteiger partial charge >= 0.3 is 5.63 Å². The van der Waals surface area contributed by atoms with E-state index in [1.165, 1.54) is 0 Å². The van der Waals surface area contributed by atoms with E-state index >= 15 is 0 Å². The van der Waals surface area contributed by atoms with Crippen LogP contribution in [0.3, 0.4) is 0 Å². The fourth-order valence-electron chi connectivity index (χ4n) is 2.87. The molecule has 1 heterocycles. The van der Waals surface area contributed by atoms with E-state index < -0.39 is 11.7 Å². The molecule has 7 heteroatoms. The van der Waals surface area contributed by atoms with Crippen molar-refractivity contribution < 1.29 is 13.9 Å². The number of halogens is 1. The lowest BCUT2D eigenvalue weighted by atomic mass is 10.2. The van der Waals surface area contributed by atoms with Gasteiger partial charge in [-0.1, -0.05) is 24.3 Å². The number of anilines is 1. The van der Waals surface area contributed by atoms with Gasteiger partial charge in [0.2, 0.25) is 5.89 Å². The molecule has 0 aliphatic heterocycles. The second-order valence-electron chi connectivity index (χ2n) is 6.58. The molecule has 0 bridgehead atoms. The van der Waals surface area contributed by atoms with Crippen molar-refractivity contribution in [2.45, 2.75) is 13.0 Å². The van der Waals surface area contributed by atoms with E-state index in [4.69, 9.17) is 9.15 Å². The predicted molar refractivity (Wildman–Crippen MR) is 119 cm³/mol. The van der Waals surface area contributed by atoms with E-state index in [0.717, 1.165) is 4.47 Å². The molecule has 150 valence electrons. The summed E-state index contributed by atoms with van der Waals surface area (Å²) in [6.45, 7) is 1.68. The zero-order valence-electron chi connectivity index (χ0n) is 16.0. The zero-order valence-corrected chi connectivity index (χ0v) is 17.5. The number of rotatable bonds is 5. The molecule has 1 N–H and O–H groups in total. The molecule has 1 amide bonds. The lowest BCUT2D eigenvalue weighted by Crippen LogP contribution is -2.30. The summed E-state index contributed by atoms with van der Waals surface area (Å²) in [6.07, 6.45) is -0.691. The molecule has 3 aromatic carbocycles. The minimum absolute atomic E-state index is 0.224. The standard InChI is InChI=1S/C23H17BrN2O4/c1-14(29-20-9-5-3-7-18(20)24)21(27)25-16-12-10-15(11-13-16)22-26-19-8-4-2-6-17(19)23(28)30-22/h2-14H,1H3,(H,25,27). The maximum absolute atomic E-state index is 12.5. The molecule has 30 heavy (non-hydrogen) atoms. The van der Waals surface area contributed by atoms with Gasteiger partial charge in [-0.25, -0.2) is 9.78 Å². The Kier molecular flexibility index (Phi) is 5.63. The molecule has 0 spiro atoms. The SMILES string of the molecule is CC(Oc1ccccc1Br)C(=O)Nc1ccc(-c2nc3ccccc3c(=O)o2)cc1. The minimum atomic E-state index is -0.691. The third-order valence-corrected chi connectivity index (χ3v) is 5.10. The average Bonchev–Trinajstić information content (AvgIpc) is 2.76. The maximum atomic E-state index is 12.5. The summed E-state index contributed by atoms with van der Waals surface area (Å²) in [5.74, 6) is 0.531. The number of carbonyl (C=O) groups is 1. The van der Waals surface area contributed by atoms with Gasteiger partial charge in [0.25, 0.3) is 5.91 Å². The van der Waals surface area contributed by atoms with Gasteiger partial charge in [-0.05, 0) is 71.4 Å². The van der Waals surface area contributed by atoms with E-state index in [0.29, 0.717) is 27.9 Å². The van der Waals surface area contributed by atoms with Crippen molar-refractivity contribution in [2.75, 3.05) is 5.32 Å². The Bertz CT molecular complexity index is 1270. The van der Waals surface area contributed by atoms with Crippen LogP contribution in [0.25, 0.3) is 22.4 Å². The van der Waals surface area contributed by atoms with Crippen LogP contribution in [-0.2, 0) is 4.79 Å². The third-order valence-electron chi connectivity index (χ3n) is 4.44. The van der Waals surface area contributed by atoms with Crippen LogP contribution in [0, 0.1) is 0 Å². The highest BCUT2D eigenvalue weighted by atomic mass is 79.9.